The van der Waals surface area contributed by atoms with E-state index in [1.54, 1.807) is 24.3 Å². The lowest BCUT2D eigenvalue weighted by Gasteiger charge is -2.09. The third kappa shape index (κ3) is 6.69. The molecule has 0 spiro atoms. The maximum Gasteiger partial charge on any atom is 0.255 e. The van der Waals surface area contributed by atoms with E-state index >= 15 is 0 Å². The summed E-state index contributed by atoms with van der Waals surface area (Å²) in [6.45, 7) is 2.97. The molecular formula is C23H29N5O2. The summed E-state index contributed by atoms with van der Waals surface area (Å²) in [4.78, 5) is 12.4. The molecule has 0 aliphatic heterocycles. The van der Waals surface area contributed by atoms with Gasteiger partial charge in [0.25, 0.3) is 5.91 Å². The van der Waals surface area contributed by atoms with Gasteiger partial charge in [-0.05, 0) is 48.0 Å². The summed E-state index contributed by atoms with van der Waals surface area (Å²) in [5, 5.41) is 16.7. The number of carbonyl (C=O) groups is 1. The van der Waals surface area contributed by atoms with Crippen molar-refractivity contribution in [1.29, 1.82) is 0 Å². The first-order chi connectivity index (χ1) is 14.8. The Hall–Kier alpha value is -3.22. The van der Waals surface area contributed by atoms with Gasteiger partial charge in [-0.2, -0.15) is 5.21 Å². The van der Waals surface area contributed by atoms with Crippen LogP contribution >= 0.6 is 0 Å². The first-order valence-electron chi connectivity index (χ1n) is 10.6. The van der Waals surface area contributed by atoms with Crippen molar-refractivity contribution in [3.63, 3.8) is 0 Å². The van der Waals surface area contributed by atoms with E-state index in [-0.39, 0.29) is 5.91 Å². The number of H-pyrrole nitrogens is 1. The van der Waals surface area contributed by atoms with E-state index in [4.69, 9.17) is 4.74 Å². The summed E-state index contributed by atoms with van der Waals surface area (Å²) in [5.74, 6) is 1.14. The number of benzene rings is 2. The summed E-state index contributed by atoms with van der Waals surface area (Å²) in [5.41, 5.74) is 2.08. The Kier molecular flexibility index (Phi) is 8.38. The average Bonchev–Trinajstić information content (AvgIpc) is 3.32. The summed E-state index contributed by atoms with van der Waals surface area (Å²) in [6.07, 6.45) is 8.85. The van der Waals surface area contributed by atoms with Crippen LogP contribution in [0.5, 0.6) is 5.75 Å². The van der Waals surface area contributed by atoms with E-state index < -0.39 is 0 Å². The highest BCUT2D eigenvalue weighted by atomic mass is 16.5. The zero-order chi connectivity index (χ0) is 21.0. The van der Waals surface area contributed by atoms with Gasteiger partial charge >= 0.3 is 0 Å². The molecule has 30 heavy (non-hydrogen) atoms. The third-order valence-electron chi connectivity index (χ3n) is 4.88. The molecule has 0 fully saturated rings. The molecule has 0 aliphatic rings. The number of unbranched alkanes of at least 4 members (excludes halogenated alkanes) is 6. The Bertz CT molecular complexity index is 877. The quantitative estimate of drug-likeness (QED) is 0.400. The van der Waals surface area contributed by atoms with Gasteiger partial charge in [0, 0.05) is 16.8 Å². The number of carbonyl (C=O) groups excluding carboxylic acids is 1. The third-order valence-corrected chi connectivity index (χ3v) is 4.88. The SMILES string of the molecule is CCCCCCCCCOc1ccc(NC(=O)c2ccc(-c3nn[nH]n3)cc2)cc1. The Morgan fingerprint density at radius 1 is 0.933 bits per heavy atom. The highest BCUT2D eigenvalue weighted by Gasteiger charge is 2.08. The molecule has 7 heteroatoms. The highest BCUT2D eigenvalue weighted by Crippen LogP contribution is 2.18. The van der Waals surface area contributed by atoms with Crippen LogP contribution in [0.2, 0.25) is 0 Å². The lowest BCUT2D eigenvalue weighted by molar-refractivity contribution is 0.102. The second-order valence-electron chi connectivity index (χ2n) is 7.26. The molecule has 0 saturated heterocycles. The number of aromatic nitrogens is 4. The van der Waals surface area contributed by atoms with Crippen LogP contribution in [-0.2, 0) is 0 Å². The second kappa shape index (κ2) is 11.7. The molecule has 158 valence electrons. The summed E-state index contributed by atoms with van der Waals surface area (Å²) < 4.78 is 5.79. The van der Waals surface area contributed by atoms with Crippen molar-refractivity contribution in [2.24, 2.45) is 0 Å². The minimum Gasteiger partial charge on any atom is -0.494 e. The summed E-state index contributed by atoms with van der Waals surface area (Å²) in [6, 6.07) is 14.5. The summed E-state index contributed by atoms with van der Waals surface area (Å²) in [7, 11) is 0. The molecule has 1 aromatic heterocycles. The van der Waals surface area contributed by atoms with Gasteiger partial charge in [-0.3, -0.25) is 4.79 Å². The second-order valence-corrected chi connectivity index (χ2v) is 7.26. The minimum absolute atomic E-state index is 0.175. The molecule has 0 radical (unpaired) electrons. The van der Waals surface area contributed by atoms with Crippen LogP contribution in [0, 0.1) is 0 Å². The lowest BCUT2D eigenvalue weighted by atomic mass is 10.1. The predicted molar refractivity (Wildman–Crippen MR) is 117 cm³/mol. The predicted octanol–water partition coefficient (Wildman–Crippen LogP) is 5.25. The van der Waals surface area contributed by atoms with Gasteiger partial charge < -0.3 is 10.1 Å². The molecule has 1 amide bonds. The fraction of sp³-hybridized carbons (Fsp3) is 0.391. The number of rotatable bonds is 12. The molecule has 0 aliphatic carbocycles. The maximum absolute atomic E-state index is 12.4. The fourth-order valence-electron chi connectivity index (χ4n) is 3.14. The molecule has 0 atom stereocenters. The molecule has 0 bridgehead atoms. The van der Waals surface area contributed by atoms with Crippen LogP contribution in [0.4, 0.5) is 5.69 Å². The van der Waals surface area contributed by atoms with Crippen molar-refractivity contribution >= 4 is 11.6 Å². The van der Waals surface area contributed by atoms with Crippen LogP contribution < -0.4 is 10.1 Å². The largest absolute Gasteiger partial charge is 0.494 e. The number of hydrogen-bond acceptors (Lipinski definition) is 5. The van der Waals surface area contributed by atoms with E-state index in [9.17, 15) is 4.79 Å². The van der Waals surface area contributed by atoms with Crippen molar-refractivity contribution in [1.82, 2.24) is 20.6 Å². The number of anilines is 1. The van der Waals surface area contributed by atoms with Crippen LogP contribution in [0.25, 0.3) is 11.4 Å². The van der Waals surface area contributed by atoms with Crippen LogP contribution in [0.15, 0.2) is 48.5 Å². The summed E-state index contributed by atoms with van der Waals surface area (Å²) >= 11 is 0. The minimum atomic E-state index is -0.175. The number of amides is 1. The zero-order valence-corrected chi connectivity index (χ0v) is 17.4. The molecule has 3 rings (SSSR count). The van der Waals surface area contributed by atoms with Gasteiger partial charge in [0.15, 0.2) is 0 Å². The first-order valence-corrected chi connectivity index (χ1v) is 10.6. The monoisotopic (exact) mass is 407 g/mol. The number of nitrogens with one attached hydrogen (secondary N) is 2. The van der Waals surface area contributed by atoms with E-state index in [0.29, 0.717) is 11.4 Å². The number of hydrogen-bond donors (Lipinski definition) is 2. The zero-order valence-electron chi connectivity index (χ0n) is 17.4. The highest BCUT2D eigenvalue weighted by molar-refractivity contribution is 6.04. The molecule has 7 nitrogen and oxygen atoms in total. The Balaban J connectivity index is 1.40. The molecule has 3 aromatic rings. The van der Waals surface area contributed by atoms with Crippen molar-refractivity contribution in [3.05, 3.63) is 54.1 Å². The molecule has 0 unspecified atom stereocenters. The fourth-order valence-corrected chi connectivity index (χ4v) is 3.14. The number of nitrogens with zero attached hydrogens (tertiary/aromatic N) is 3. The lowest BCUT2D eigenvalue weighted by Crippen LogP contribution is -2.11. The normalized spacial score (nSPS) is 10.7. The van der Waals surface area contributed by atoms with Crippen LogP contribution in [0.3, 0.4) is 0 Å². The smallest absolute Gasteiger partial charge is 0.255 e. The van der Waals surface area contributed by atoms with Crippen LogP contribution in [0.1, 0.15) is 62.2 Å². The van der Waals surface area contributed by atoms with E-state index in [0.717, 1.165) is 30.0 Å². The van der Waals surface area contributed by atoms with Crippen LogP contribution in [-0.4, -0.2) is 33.1 Å². The Labute approximate surface area is 177 Å². The number of aromatic amines is 1. The molecule has 1 heterocycles. The van der Waals surface area contributed by atoms with Crippen molar-refractivity contribution in [3.8, 4) is 17.1 Å². The number of ether oxygens (including phenoxy) is 1. The topological polar surface area (TPSA) is 92.8 Å². The molecule has 2 aromatic carbocycles. The van der Waals surface area contributed by atoms with Gasteiger partial charge in [0.2, 0.25) is 5.82 Å². The molecule has 2 N–H and O–H groups in total. The van der Waals surface area contributed by atoms with Gasteiger partial charge in [0.05, 0.1) is 6.61 Å². The Morgan fingerprint density at radius 2 is 1.63 bits per heavy atom. The standard InChI is InChI=1S/C23H29N5O2/c1-2-3-4-5-6-7-8-17-30-21-15-13-20(14-16-21)24-23(29)19-11-9-18(10-12-19)22-25-27-28-26-22/h9-16H,2-8,17H2,1H3,(H,24,29)(H,25,26,27,28). The van der Waals surface area contributed by atoms with Crippen molar-refractivity contribution in [2.75, 3.05) is 11.9 Å². The van der Waals surface area contributed by atoms with Gasteiger partial charge in [0.1, 0.15) is 5.75 Å². The number of tetrazole rings is 1. The van der Waals surface area contributed by atoms with Gasteiger partial charge in [-0.1, -0.05) is 57.6 Å². The maximum atomic E-state index is 12.4. The molecule has 0 saturated carbocycles. The van der Waals surface area contributed by atoms with E-state index in [1.165, 1.54) is 38.5 Å². The Morgan fingerprint density at radius 3 is 2.30 bits per heavy atom. The van der Waals surface area contributed by atoms with Crippen molar-refractivity contribution < 1.29 is 9.53 Å². The van der Waals surface area contributed by atoms with Gasteiger partial charge in [-0.25, -0.2) is 0 Å². The van der Waals surface area contributed by atoms with E-state index in [1.807, 2.05) is 24.3 Å². The van der Waals surface area contributed by atoms with E-state index in [2.05, 4.69) is 32.9 Å². The average molecular weight is 408 g/mol. The van der Waals surface area contributed by atoms with Crippen molar-refractivity contribution in [2.45, 2.75) is 51.9 Å². The molecular weight excluding hydrogens is 378 g/mol. The van der Waals surface area contributed by atoms with Gasteiger partial charge in [-0.15, -0.1) is 10.2 Å². The first kappa shape index (κ1) is 21.5.